The SMILES string of the molecule is CCN(CCCCCCCCCCOC(=O)c1ccc(OC)c(OC)c1)C1CCc2cc(OC)ccc2C1.Cl. The Morgan fingerprint density at radius 2 is 1.51 bits per heavy atom. The lowest BCUT2D eigenvalue weighted by Crippen LogP contribution is -2.39. The molecule has 0 bridgehead atoms. The first-order chi connectivity index (χ1) is 18.6. The molecule has 6 nitrogen and oxygen atoms in total. The summed E-state index contributed by atoms with van der Waals surface area (Å²) in [5.41, 5.74) is 3.45. The fraction of sp³-hybridized carbons (Fsp3) is 0.594. The quantitative estimate of drug-likeness (QED) is 0.149. The van der Waals surface area contributed by atoms with Crippen LogP contribution < -0.4 is 14.2 Å². The molecule has 2 aromatic carbocycles. The fourth-order valence-electron chi connectivity index (χ4n) is 5.44. The molecular formula is C32H48ClNO5. The van der Waals surface area contributed by atoms with Gasteiger partial charge in [0.25, 0.3) is 0 Å². The summed E-state index contributed by atoms with van der Waals surface area (Å²) >= 11 is 0. The van der Waals surface area contributed by atoms with Crippen molar-refractivity contribution >= 4 is 18.4 Å². The molecule has 218 valence electrons. The van der Waals surface area contributed by atoms with E-state index in [2.05, 4.69) is 30.0 Å². The third-order valence-corrected chi connectivity index (χ3v) is 7.73. The van der Waals surface area contributed by atoms with Gasteiger partial charge < -0.3 is 23.8 Å². The van der Waals surface area contributed by atoms with Crippen LogP contribution in [0.25, 0.3) is 0 Å². The van der Waals surface area contributed by atoms with E-state index in [0.717, 1.165) is 38.0 Å². The summed E-state index contributed by atoms with van der Waals surface area (Å²) in [7, 11) is 4.88. The second-order valence-corrected chi connectivity index (χ2v) is 10.2. The maximum Gasteiger partial charge on any atom is 0.338 e. The topological polar surface area (TPSA) is 57.2 Å². The summed E-state index contributed by atoms with van der Waals surface area (Å²) in [6.07, 6.45) is 13.2. The Morgan fingerprint density at radius 3 is 2.18 bits per heavy atom. The van der Waals surface area contributed by atoms with Crippen LogP contribution in [-0.2, 0) is 17.6 Å². The van der Waals surface area contributed by atoms with Crippen molar-refractivity contribution in [3.05, 3.63) is 53.1 Å². The van der Waals surface area contributed by atoms with Crippen molar-refractivity contribution in [2.45, 2.75) is 83.6 Å². The van der Waals surface area contributed by atoms with Gasteiger partial charge >= 0.3 is 5.97 Å². The number of methoxy groups -OCH3 is 3. The van der Waals surface area contributed by atoms with Crippen LogP contribution in [0.5, 0.6) is 17.2 Å². The zero-order valence-electron chi connectivity index (χ0n) is 24.3. The fourth-order valence-corrected chi connectivity index (χ4v) is 5.44. The van der Waals surface area contributed by atoms with Crippen LogP contribution in [0.4, 0.5) is 0 Å². The van der Waals surface area contributed by atoms with Gasteiger partial charge in [-0.1, -0.05) is 51.5 Å². The van der Waals surface area contributed by atoms with Gasteiger partial charge in [0, 0.05) is 6.04 Å². The van der Waals surface area contributed by atoms with Crippen LogP contribution in [-0.4, -0.2) is 57.9 Å². The summed E-state index contributed by atoms with van der Waals surface area (Å²) in [6, 6.07) is 12.3. The van der Waals surface area contributed by atoms with E-state index in [9.17, 15) is 4.79 Å². The molecule has 0 fully saturated rings. The molecule has 2 aromatic rings. The van der Waals surface area contributed by atoms with E-state index in [1.807, 2.05) is 0 Å². The number of carbonyl (C=O) groups excluding carboxylic acids is 1. The molecular weight excluding hydrogens is 514 g/mol. The number of rotatable bonds is 17. The second-order valence-electron chi connectivity index (χ2n) is 10.2. The Labute approximate surface area is 241 Å². The molecule has 0 saturated carbocycles. The van der Waals surface area contributed by atoms with Crippen molar-refractivity contribution in [3.63, 3.8) is 0 Å². The van der Waals surface area contributed by atoms with E-state index in [1.165, 1.54) is 62.6 Å². The molecule has 0 N–H and O–H groups in total. The highest BCUT2D eigenvalue weighted by molar-refractivity contribution is 5.90. The van der Waals surface area contributed by atoms with E-state index >= 15 is 0 Å². The predicted octanol–water partition coefficient (Wildman–Crippen LogP) is 7.29. The number of nitrogens with zero attached hydrogens (tertiary/aromatic N) is 1. The van der Waals surface area contributed by atoms with Gasteiger partial charge in [0.2, 0.25) is 0 Å². The number of unbranched alkanes of at least 4 members (excludes halogenated alkanes) is 7. The number of hydrogen-bond donors (Lipinski definition) is 0. The number of ether oxygens (including phenoxy) is 4. The minimum absolute atomic E-state index is 0. The molecule has 0 radical (unpaired) electrons. The monoisotopic (exact) mass is 561 g/mol. The van der Waals surface area contributed by atoms with Gasteiger partial charge in [0.1, 0.15) is 5.75 Å². The number of hydrogen-bond acceptors (Lipinski definition) is 6. The molecule has 1 aliphatic rings. The summed E-state index contributed by atoms with van der Waals surface area (Å²) in [4.78, 5) is 15.0. The van der Waals surface area contributed by atoms with Crippen molar-refractivity contribution in [1.82, 2.24) is 4.90 Å². The lowest BCUT2D eigenvalue weighted by atomic mass is 9.87. The lowest BCUT2D eigenvalue weighted by molar-refractivity contribution is 0.0497. The number of likely N-dealkylation sites (N-methyl/N-ethyl adjacent to an activating group) is 1. The molecule has 0 saturated heterocycles. The number of fused-ring (bicyclic) bond motifs is 1. The summed E-state index contributed by atoms with van der Waals surface area (Å²) in [5, 5.41) is 0. The minimum Gasteiger partial charge on any atom is -0.497 e. The van der Waals surface area contributed by atoms with E-state index in [0.29, 0.717) is 29.7 Å². The highest BCUT2D eigenvalue weighted by Gasteiger charge is 2.23. The molecule has 0 aromatic heterocycles. The Balaban J connectivity index is 0.00000533. The summed E-state index contributed by atoms with van der Waals surface area (Å²) in [6.45, 7) is 5.10. The molecule has 3 rings (SSSR count). The Hall–Kier alpha value is -2.44. The first kappa shape index (κ1) is 32.8. The number of esters is 1. The molecule has 0 amide bonds. The van der Waals surface area contributed by atoms with Crippen LogP contribution in [0.3, 0.4) is 0 Å². The van der Waals surface area contributed by atoms with E-state index in [1.54, 1.807) is 39.5 Å². The molecule has 7 heteroatoms. The zero-order chi connectivity index (χ0) is 27.2. The van der Waals surface area contributed by atoms with E-state index in [-0.39, 0.29) is 18.4 Å². The Morgan fingerprint density at radius 1 is 0.821 bits per heavy atom. The number of aryl methyl sites for hydroxylation is 1. The minimum atomic E-state index is -0.315. The molecule has 1 aliphatic carbocycles. The average molecular weight is 562 g/mol. The van der Waals surface area contributed by atoms with E-state index < -0.39 is 0 Å². The van der Waals surface area contributed by atoms with Crippen LogP contribution in [0.1, 0.15) is 86.2 Å². The molecule has 1 atom stereocenters. The van der Waals surface area contributed by atoms with Crippen molar-refractivity contribution in [2.75, 3.05) is 41.0 Å². The lowest BCUT2D eigenvalue weighted by Gasteiger charge is -2.34. The molecule has 1 unspecified atom stereocenters. The Kier molecular flexibility index (Phi) is 15.1. The third kappa shape index (κ3) is 10.2. The normalized spacial score (nSPS) is 14.3. The highest BCUT2D eigenvalue weighted by atomic mass is 35.5. The molecule has 0 heterocycles. The van der Waals surface area contributed by atoms with Crippen molar-refractivity contribution in [2.24, 2.45) is 0 Å². The second kappa shape index (κ2) is 18.0. The third-order valence-electron chi connectivity index (χ3n) is 7.73. The van der Waals surface area contributed by atoms with Gasteiger partial charge in [-0.25, -0.2) is 4.79 Å². The van der Waals surface area contributed by atoms with Gasteiger partial charge in [0.05, 0.1) is 33.5 Å². The van der Waals surface area contributed by atoms with Gasteiger partial charge in [-0.2, -0.15) is 0 Å². The maximum absolute atomic E-state index is 12.3. The van der Waals surface area contributed by atoms with Crippen molar-refractivity contribution in [3.8, 4) is 17.2 Å². The number of benzene rings is 2. The smallest absolute Gasteiger partial charge is 0.338 e. The first-order valence-corrected chi connectivity index (χ1v) is 14.4. The predicted molar refractivity (Wildman–Crippen MR) is 160 cm³/mol. The Bertz CT molecular complexity index is 999. The largest absolute Gasteiger partial charge is 0.497 e. The van der Waals surface area contributed by atoms with Crippen LogP contribution >= 0.6 is 12.4 Å². The van der Waals surface area contributed by atoms with Crippen molar-refractivity contribution in [1.29, 1.82) is 0 Å². The molecule has 39 heavy (non-hydrogen) atoms. The van der Waals surface area contributed by atoms with Gasteiger partial charge in [-0.15, -0.1) is 12.4 Å². The average Bonchev–Trinajstić information content (AvgIpc) is 2.96. The van der Waals surface area contributed by atoms with Crippen molar-refractivity contribution < 1.29 is 23.7 Å². The molecule has 0 spiro atoms. The number of halogens is 1. The van der Waals surface area contributed by atoms with Crippen LogP contribution in [0, 0.1) is 0 Å². The maximum atomic E-state index is 12.3. The molecule has 0 aliphatic heterocycles. The first-order valence-electron chi connectivity index (χ1n) is 14.4. The highest BCUT2D eigenvalue weighted by Crippen LogP contribution is 2.29. The van der Waals surface area contributed by atoms with E-state index in [4.69, 9.17) is 18.9 Å². The number of carbonyl (C=O) groups is 1. The summed E-state index contributed by atoms with van der Waals surface area (Å²) < 4.78 is 21.3. The zero-order valence-corrected chi connectivity index (χ0v) is 25.2. The summed E-state index contributed by atoms with van der Waals surface area (Å²) in [5.74, 6) is 1.79. The standard InChI is InChI=1S/C32H47NO5.ClH/c1-5-33(28-17-14-26-23-29(35-2)18-15-25(26)22-28)20-12-10-8-6-7-9-11-13-21-38-32(34)27-16-19-30(36-3)31(24-27)37-4;/h15-16,18-19,23-24,28H,5-14,17,20-22H2,1-4H3;1H. The van der Waals surface area contributed by atoms with Crippen LogP contribution in [0.2, 0.25) is 0 Å². The van der Waals surface area contributed by atoms with Gasteiger partial charge in [0.15, 0.2) is 11.5 Å². The van der Waals surface area contributed by atoms with Gasteiger partial charge in [-0.05, 0) is 86.7 Å². The van der Waals surface area contributed by atoms with Crippen LogP contribution in [0.15, 0.2) is 36.4 Å². The van der Waals surface area contributed by atoms with Gasteiger partial charge in [-0.3, -0.25) is 0 Å².